The number of anilines is 2. The Balaban J connectivity index is 0.955. The molecule has 2 heterocycles. The number of aromatic nitrogens is 2. The molecular formula is C38H42Cl2N6O3. The van der Waals surface area contributed by atoms with Crippen molar-refractivity contribution < 1.29 is 14.2 Å². The number of benzene rings is 4. The van der Waals surface area contributed by atoms with Crippen molar-refractivity contribution in [3.05, 3.63) is 82.8 Å². The summed E-state index contributed by atoms with van der Waals surface area (Å²) in [6, 6.07) is 23.5. The van der Waals surface area contributed by atoms with Gasteiger partial charge in [0.1, 0.15) is 11.5 Å². The van der Waals surface area contributed by atoms with Crippen molar-refractivity contribution in [1.82, 2.24) is 19.8 Å². The molecule has 0 bridgehead atoms. The molecule has 6 rings (SSSR count). The van der Waals surface area contributed by atoms with Gasteiger partial charge in [-0.2, -0.15) is 0 Å². The van der Waals surface area contributed by atoms with Crippen LogP contribution in [-0.2, 0) is 4.74 Å². The van der Waals surface area contributed by atoms with Crippen molar-refractivity contribution in [3.63, 3.8) is 0 Å². The fourth-order valence-corrected chi connectivity index (χ4v) is 6.27. The molecule has 0 spiro atoms. The largest absolute Gasteiger partial charge is 0.497 e. The van der Waals surface area contributed by atoms with Crippen LogP contribution in [0, 0.1) is 0 Å². The number of hydrogen-bond donors (Lipinski definition) is 2. The Morgan fingerprint density at radius 3 is 1.59 bits per heavy atom. The van der Waals surface area contributed by atoms with Gasteiger partial charge in [-0.05, 0) is 86.9 Å². The summed E-state index contributed by atoms with van der Waals surface area (Å²) in [7, 11) is 7.64. The number of ether oxygens (including phenoxy) is 3. The average Bonchev–Trinajstić information content (AvgIpc) is 3.10. The molecule has 0 aliphatic heterocycles. The topological polar surface area (TPSA) is 84.0 Å². The number of fused-ring (bicyclic) bond motifs is 4. The lowest BCUT2D eigenvalue weighted by Gasteiger charge is -2.23. The molecule has 0 amide bonds. The molecule has 49 heavy (non-hydrogen) atoms. The van der Waals surface area contributed by atoms with E-state index in [1.54, 1.807) is 14.2 Å². The van der Waals surface area contributed by atoms with Crippen LogP contribution in [0.5, 0.6) is 11.5 Å². The number of methoxy groups -OCH3 is 2. The molecule has 4 aromatic carbocycles. The SMILES string of the molecule is COc1ccc2nc3cc(Cl)ccc3c(NCCOCCN(C)CCN(C)CCNc3c4ccc(Cl)cc4nc4ccc(OC)cc34)c2c1. The highest BCUT2D eigenvalue weighted by atomic mass is 35.5. The second-order valence-corrected chi connectivity index (χ2v) is 13.0. The summed E-state index contributed by atoms with van der Waals surface area (Å²) in [5.74, 6) is 1.59. The maximum atomic E-state index is 6.29. The molecule has 0 aliphatic rings. The van der Waals surface area contributed by atoms with E-state index in [0.717, 1.165) is 99.2 Å². The maximum absolute atomic E-state index is 6.29. The van der Waals surface area contributed by atoms with Crippen LogP contribution in [0.4, 0.5) is 11.4 Å². The molecule has 0 atom stereocenters. The first-order valence-corrected chi connectivity index (χ1v) is 17.1. The quantitative estimate of drug-likeness (QED) is 0.0776. The van der Waals surface area contributed by atoms with E-state index >= 15 is 0 Å². The van der Waals surface area contributed by atoms with Crippen LogP contribution in [0.3, 0.4) is 0 Å². The summed E-state index contributed by atoms with van der Waals surface area (Å²) < 4.78 is 17.0. The van der Waals surface area contributed by atoms with E-state index < -0.39 is 0 Å². The summed E-state index contributed by atoms with van der Waals surface area (Å²) in [6.07, 6.45) is 0. The second-order valence-electron chi connectivity index (χ2n) is 12.1. The summed E-state index contributed by atoms with van der Waals surface area (Å²) >= 11 is 12.6. The first-order chi connectivity index (χ1) is 23.8. The molecule has 9 nitrogen and oxygen atoms in total. The van der Waals surface area contributed by atoms with Crippen molar-refractivity contribution in [2.24, 2.45) is 0 Å². The monoisotopic (exact) mass is 700 g/mol. The molecule has 0 radical (unpaired) electrons. The first kappa shape index (κ1) is 34.7. The van der Waals surface area contributed by atoms with Crippen LogP contribution in [0.25, 0.3) is 43.6 Å². The van der Waals surface area contributed by atoms with Crippen molar-refractivity contribution in [3.8, 4) is 11.5 Å². The van der Waals surface area contributed by atoms with Crippen molar-refractivity contribution in [2.75, 3.05) is 91.4 Å². The van der Waals surface area contributed by atoms with Crippen LogP contribution < -0.4 is 20.1 Å². The van der Waals surface area contributed by atoms with E-state index in [1.165, 1.54) is 0 Å². The van der Waals surface area contributed by atoms with Gasteiger partial charge in [-0.25, -0.2) is 9.97 Å². The Morgan fingerprint density at radius 1 is 0.551 bits per heavy atom. The van der Waals surface area contributed by atoms with E-state index in [2.05, 4.69) is 34.5 Å². The minimum atomic E-state index is 0.582. The van der Waals surface area contributed by atoms with E-state index in [1.807, 2.05) is 72.8 Å². The number of halogens is 2. The highest BCUT2D eigenvalue weighted by molar-refractivity contribution is 6.32. The molecule has 0 unspecified atom stereocenters. The fraction of sp³-hybridized carbons (Fsp3) is 0.316. The highest BCUT2D eigenvalue weighted by Gasteiger charge is 2.13. The van der Waals surface area contributed by atoms with Crippen LogP contribution >= 0.6 is 23.2 Å². The fourth-order valence-electron chi connectivity index (χ4n) is 5.94. The zero-order chi connectivity index (χ0) is 34.3. The van der Waals surface area contributed by atoms with Gasteiger partial charge >= 0.3 is 0 Å². The Bertz CT molecular complexity index is 2080. The zero-order valence-corrected chi connectivity index (χ0v) is 29.9. The van der Waals surface area contributed by atoms with E-state index in [9.17, 15) is 0 Å². The summed E-state index contributed by atoms with van der Waals surface area (Å²) in [5, 5.41) is 12.7. The summed E-state index contributed by atoms with van der Waals surface area (Å²) in [4.78, 5) is 14.3. The van der Waals surface area contributed by atoms with Gasteiger partial charge in [0, 0.05) is 70.9 Å². The zero-order valence-electron chi connectivity index (χ0n) is 28.4. The third-order valence-corrected chi connectivity index (χ3v) is 9.18. The molecule has 2 N–H and O–H groups in total. The second kappa shape index (κ2) is 16.1. The molecule has 0 fully saturated rings. The predicted molar refractivity (Wildman–Crippen MR) is 204 cm³/mol. The van der Waals surface area contributed by atoms with Gasteiger partial charge in [0.2, 0.25) is 0 Å². The number of hydrogen-bond acceptors (Lipinski definition) is 9. The van der Waals surface area contributed by atoms with Gasteiger partial charge in [-0.3, -0.25) is 0 Å². The molecule has 6 aromatic rings. The van der Waals surface area contributed by atoms with E-state index in [4.69, 9.17) is 47.4 Å². The van der Waals surface area contributed by atoms with Crippen molar-refractivity contribution in [1.29, 1.82) is 0 Å². The predicted octanol–water partition coefficient (Wildman–Crippen LogP) is 7.82. The normalized spacial score (nSPS) is 11.8. The molecule has 0 saturated carbocycles. The molecule has 2 aromatic heterocycles. The third-order valence-electron chi connectivity index (χ3n) is 8.71. The standard InChI is InChI=1S/C38H42Cl2N6O3/c1-45(15-13-41-37-29-9-5-25(39)21-35(29)43-33-11-7-27(47-3)23-31(33)37)16-17-46(2)18-20-49-19-14-42-38-30-10-6-26(40)22-36(30)44-34-12-8-28(48-4)24-32(34)38/h5-12,21-24H,13-20H2,1-4H3,(H,41,43)(H,42,44). The lowest BCUT2D eigenvalue weighted by atomic mass is 10.1. The number of likely N-dealkylation sites (N-methyl/N-ethyl adjacent to an activating group) is 2. The van der Waals surface area contributed by atoms with Gasteiger partial charge in [-0.15, -0.1) is 0 Å². The van der Waals surface area contributed by atoms with Gasteiger partial charge in [0.15, 0.2) is 0 Å². The average molecular weight is 702 g/mol. The Labute approximate surface area is 297 Å². The minimum Gasteiger partial charge on any atom is -0.497 e. The van der Waals surface area contributed by atoms with Crippen LogP contribution in [0.1, 0.15) is 0 Å². The van der Waals surface area contributed by atoms with Crippen LogP contribution in [-0.4, -0.2) is 101 Å². The van der Waals surface area contributed by atoms with Gasteiger partial charge in [-0.1, -0.05) is 23.2 Å². The Kier molecular flexibility index (Phi) is 11.4. The van der Waals surface area contributed by atoms with Gasteiger partial charge in [0.05, 0.1) is 60.9 Å². The Morgan fingerprint density at radius 2 is 1.06 bits per heavy atom. The van der Waals surface area contributed by atoms with Crippen LogP contribution in [0.2, 0.25) is 10.0 Å². The highest BCUT2D eigenvalue weighted by Crippen LogP contribution is 2.35. The molecule has 0 aliphatic carbocycles. The van der Waals surface area contributed by atoms with E-state index in [0.29, 0.717) is 29.8 Å². The van der Waals surface area contributed by atoms with Gasteiger partial charge < -0.3 is 34.6 Å². The molecule has 11 heteroatoms. The summed E-state index contributed by atoms with van der Waals surface area (Å²) in [5.41, 5.74) is 5.54. The lowest BCUT2D eigenvalue weighted by Crippen LogP contribution is -2.35. The molecule has 256 valence electrons. The number of nitrogens with zero attached hydrogens (tertiary/aromatic N) is 4. The first-order valence-electron chi connectivity index (χ1n) is 16.4. The Hall–Kier alpha value is -4.12. The van der Waals surface area contributed by atoms with E-state index in [-0.39, 0.29) is 0 Å². The summed E-state index contributed by atoms with van der Waals surface area (Å²) in [6.45, 7) is 6.29. The molecular weight excluding hydrogens is 659 g/mol. The minimum absolute atomic E-state index is 0.582. The number of rotatable bonds is 16. The number of pyridine rings is 2. The molecule has 0 saturated heterocycles. The third kappa shape index (κ3) is 8.37. The number of nitrogens with one attached hydrogen (secondary N) is 2. The van der Waals surface area contributed by atoms with Gasteiger partial charge in [0.25, 0.3) is 0 Å². The maximum Gasteiger partial charge on any atom is 0.119 e. The lowest BCUT2D eigenvalue weighted by molar-refractivity contribution is 0.116. The van der Waals surface area contributed by atoms with Crippen molar-refractivity contribution >= 4 is 78.2 Å². The van der Waals surface area contributed by atoms with Crippen LogP contribution in [0.15, 0.2) is 72.8 Å². The smallest absolute Gasteiger partial charge is 0.119 e. The van der Waals surface area contributed by atoms with Crippen molar-refractivity contribution in [2.45, 2.75) is 0 Å².